The maximum Gasteiger partial charge on any atom is 0.226 e. The summed E-state index contributed by atoms with van der Waals surface area (Å²) in [5, 5.41) is 2.86. The number of nitrogens with one attached hydrogen (secondary N) is 1. The lowest BCUT2D eigenvalue weighted by molar-refractivity contribution is -0.116. The lowest BCUT2D eigenvalue weighted by Crippen LogP contribution is -2.20. The van der Waals surface area contributed by atoms with Gasteiger partial charge in [-0.05, 0) is 43.9 Å². The molecule has 0 fully saturated rings. The van der Waals surface area contributed by atoms with Crippen LogP contribution in [-0.2, 0) is 4.79 Å². The van der Waals surface area contributed by atoms with Crippen LogP contribution in [0.15, 0.2) is 54.6 Å². The summed E-state index contributed by atoms with van der Waals surface area (Å²) in [7, 11) is 4.00. The molecule has 24 heavy (non-hydrogen) atoms. The number of carbonyl (C=O) groups is 1. The largest absolute Gasteiger partial charge is 0.492 e. The number of ether oxygens (including phenoxy) is 1. The summed E-state index contributed by atoms with van der Waals surface area (Å²) in [6.07, 6.45) is 0.241. The van der Waals surface area contributed by atoms with E-state index >= 15 is 0 Å². The van der Waals surface area contributed by atoms with Gasteiger partial charge >= 0.3 is 0 Å². The van der Waals surface area contributed by atoms with E-state index < -0.39 is 0 Å². The van der Waals surface area contributed by atoms with Crippen LogP contribution in [0.4, 0.5) is 5.69 Å². The zero-order chi connectivity index (χ0) is 17.4. The molecule has 2 aromatic carbocycles. The Balaban J connectivity index is 1.81. The van der Waals surface area contributed by atoms with E-state index in [-0.39, 0.29) is 18.4 Å². The van der Waals surface area contributed by atoms with Gasteiger partial charge in [-0.1, -0.05) is 30.3 Å². The summed E-state index contributed by atoms with van der Waals surface area (Å²) in [6, 6.07) is 16.7. The zero-order valence-corrected chi connectivity index (χ0v) is 14.2. The van der Waals surface area contributed by atoms with Gasteiger partial charge in [0.1, 0.15) is 12.4 Å². The van der Waals surface area contributed by atoms with Gasteiger partial charge in [-0.15, -0.1) is 0 Å². The molecule has 0 aliphatic heterocycles. The minimum absolute atomic E-state index is 0.104. The molecule has 1 atom stereocenters. The average Bonchev–Trinajstić information content (AvgIpc) is 2.57. The van der Waals surface area contributed by atoms with Crippen LogP contribution in [-0.4, -0.2) is 38.1 Å². The van der Waals surface area contributed by atoms with Crippen LogP contribution in [0.3, 0.4) is 0 Å². The van der Waals surface area contributed by atoms with E-state index in [0.717, 1.165) is 23.5 Å². The molecule has 0 spiro atoms. The Hall–Kier alpha value is -2.37. The third-order valence-corrected chi connectivity index (χ3v) is 3.58. The minimum atomic E-state index is -0.306. The van der Waals surface area contributed by atoms with E-state index in [1.165, 1.54) is 0 Å². The molecule has 2 rings (SSSR count). The number of hydrogen-bond donors (Lipinski definition) is 2. The van der Waals surface area contributed by atoms with Crippen LogP contribution in [0, 0.1) is 0 Å². The summed E-state index contributed by atoms with van der Waals surface area (Å²) in [5.74, 6) is 0.684. The number of carbonyl (C=O) groups excluding carboxylic acids is 1. The van der Waals surface area contributed by atoms with E-state index in [9.17, 15) is 4.79 Å². The predicted octanol–water partition coefficient (Wildman–Crippen LogP) is 2.66. The maximum absolute atomic E-state index is 12.1. The third kappa shape index (κ3) is 6.02. The zero-order valence-electron chi connectivity index (χ0n) is 14.2. The van der Waals surface area contributed by atoms with Crippen LogP contribution < -0.4 is 15.8 Å². The molecule has 0 aliphatic rings. The van der Waals surface area contributed by atoms with E-state index in [1.807, 2.05) is 68.7 Å². The van der Waals surface area contributed by atoms with Crippen molar-refractivity contribution < 1.29 is 9.53 Å². The van der Waals surface area contributed by atoms with Crippen molar-refractivity contribution >= 4 is 11.6 Å². The summed E-state index contributed by atoms with van der Waals surface area (Å²) in [4.78, 5) is 14.2. The first-order chi connectivity index (χ1) is 11.5. The summed E-state index contributed by atoms with van der Waals surface area (Å²) >= 11 is 0. The third-order valence-electron chi connectivity index (χ3n) is 3.58. The van der Waals surface area contributed by atoms with Crippen molar-refractivity contribution in [1.29, 1.82) is 0 Å². The van der Waals surface area contributed by atoms with E-state index in [0.29, 0.717) is 6.61 Å². The fourth-order valence-electron chi connectivity index (χ4n) is 2.21. The van der Waals surface area contributed by atoms with E-state index in [1.54, 1.807) is 0 Å². The molecule has 5 heteroatoms. The second-order valence-electron chi connectivity index (χ2n) is 5.95. The Morgan fingerprint density at radius 3 is 2.42 bits per heavy atom. The number of anilines is 1. The molecule has 128 valence electrons. The highest BCUT2D eigenvalue weighted by atomic mass is 16.5. The number of likely N-dealkylation sites (N-methyl/N-ethyl adjacent to an activating group) is 1. The smallest absolute Gasteiger partial charge is 0.226 e. The van der Waals surface area contributed by atoms with Crippen molar-refractivity contribution in [2.75, 3.05) is 32.6 Å². The van der Waals surface area contributed by atoms with Crippen LogP contribution >= 0.6 is 0 Å². The van der Waals surface area contributed by atoms with Gasteiger partial charge in [0, 0.05) is 24.7 Å². The Morgan fingerprint density at radius 1 is 1.12 bits per heavy atom. The highest BCUT2D eigenvalue weighted by Gasteiger charge is 2.11. The number of nitrogens with two attached hydrogens (primary N) is 1. The van der Waals surface area contributed by atoms with Gasteiger partial charge in [0.2, 0.25) is 5.91 Å². The Labute approximate surface area is 143 Å². The average molecular weight is 327 g/mol. The van der Waals surface area contributed by atoms with Crippen molar-refractivity contribution in [3.63, 3.8) is 0 Å². The molecule has 0 bridgehead atoms. The van der Waals surface area contributed by atoms with Gasteiger partial charge in [-0.2, -0.15) is 0 Å². The van der Waals surface area contributed by atoms with Crippen molar-refractivity contribution in [2.45, 2.75) is 12.5 Å². The number of amides is 1. The molecule has 3 N–H and O–H groups in total. The molecule has 0 aromatic heterocycles. The molecule has 0 aliphatic carbocycles. The maximum atomic E-state index is 12.1. The van der Waals surface area contributed by atoms with Gasteiger partial charge in [0.15, 0.2) is 0 Å². The molecule has 0 radical (unpaired) electrons. The Morgan fingerprint density at radius 2 is 1.79 bits per heavy atom. The number of hydrogen-bond acceptors (Lipinski definition) is 4. The second-order valence-corrected chi connectivity index (χ2v) is 5.95. The number of nitrogens with zero attached hydrogens (tertiary/aromatic N) is 1. The summed E-state index contributed by atoms with van der Waals surface area (Å²) in [6.45, 7) is 1.49. The molecule has 0 saturated heterocycles. The quantitative estimate of drug-likeness (QED) is 0.782. The number of benzene rings is 2. The molecule has 0 saturated carbocycles. The molecule has 1 unspecified atom stereocenters. The normalized spacial score (nSPS) is 12.0. The Kier molecular flexibility index (Phi) is 6.78. The molecule has 5 nitrogen and oxygen atoms in total. The van der Waals surface area contributed by atoms with Crippen molar-refractivity contribution in [3.8, 4) is 5.75 Å². The molecule has 2 aromatic rings. The minimum Gasteiger partial charge on any atom is -0.492 e. The summed E-state index contributed by atoms with van der Waals surface area (Å²) < 4.78 is 5.62. The van der Waals surface area contributed by atoms with E-state index in [4.69, 9.17) is 10.5 Å². The first-order valence-electron chi connectivity index (χ1n) is 8.02. The van der Waals surface area contributed by atoms with Crippen LogP contribution in [0.5, 0.6) is 5.75 Å². The topological polar surface area (TPSA) is 67.6 Å². The Bertz CT molecular complexity index is 627. The highest BCUT2D eigenvalue weighted by Crippen LogP contribution is 2.18. The van der Waals surface area contributed by atoms with Gasteiger partial charge in [0.05, 0.1) is 0 Å². The van der Waals surface area contributed by atoms with Crippen molar-refractivity contribution in [2.24, 2.45) is 5.73 Å². The van der Waals surface area contributed by atoms with Gasteiger partial charge in [-0.3, -0.25) is 4.79 Å². The standard InChI is InChI=1S/C19H25N3O2/c1-22(2)12-13-24-17-10-8-16(9-11-17)21-19(23)14-18(20)15-6-4-3-5-7-15/h3-11,18H,12-14,20H2,1-2H3,(H,21,23). The van der Waals surface area contributed by atoms with Gasteiger partial charge < -0.3 is 20.7 Å². The molecule has 1 amide bonds. The van der Waals surface area contributed by atoms with Crippen molar-refractivity contribution in [3.05, 3.63) is 60.2 Å². The molecular formula is C19H25N3O2. The molecule has 0 heterocycles. The lowest BCUT2D eigenvalue weighted by atomic mass is 10.0. The first-order valence-corrected chi connectivity index (χ1v) is 8.02. The van der Waals surface area contributed by atoms with Gasteiger partial charge in [-0.25, -0.2) is 0 Å². The summed E-state index contributed by atoms with van der Waals surface area (Å²) in [5.41, 5.74) is 7.76. The van der Waals surface area contributed by atoms with Crippen LogP contribution in [0.1, 0.15) is 18.0 Å². The number of rotatable bonds is 8. The lowest BCUT2D eigenvalue weighted by Gasteiger charge is -2.13. The monoisotopic (exact) mass is 327 g/mol. The van der Waals surface area contributed by atoms with Crippen LogP contribution in [0.2, 0.25) is 0 Å². The predicted molar refractivity (Wildman–Crippen MR) is 97.1 cm³/mol. The second kappa shape index (κ2) is 9.05. The van der Waals surface area contributed by atoms with Crippen LogP contribution in [0.25, 0.3) is 0 Å². The highest BCUT2D eigenvalue weighted by molar-refractivity contribution is 5.91. The van der Waals surface area contributed by atoms with Crippen molar-refractivity contribution in [1.82, 2.24) is 4.90 Å². The fourth-order valence-corrected chi connectivity index (χ4v) is 2.21. The fraction of sp³-hybridized carbons (Fsp3) is 0.316. The van der Waals surface area contributed by atoms with Gasteiger partial charge in [0.25, 0.3) is 0 Å². The van der Waals surface area contributed by atoms with E-state index in [2.05, 4.69) is 10.2 Å². The molecular weight excluding hydrogens is 302 g/mol. The SMILES string of the molecule is CN(C)CCOc1ccc(NC(=O)CC(N)c2ccccc2)cc1. The first kappa shape index (κ1) is 18.0.